The van der Waals surface area contributed by atoms with E-state index in [1.54, 1.807) is 34.9 Å². The van der Waals surface area contributed by atoms with E-state index in [1.807, 2.05) is 0 Å². The van der Waals surface area contributed by atoms with E-state index in [0.29, 0.717) is 5.56 Å². The normalized spacial score (nSPS) is 11.5. The summed E-state index contributed by atoms with van der Waals surface area (Å²) in [5.74, 6) is -0.0355. The highest BCUT2D eigenvalue weighted by Crippen LogP contribution is 2.18. The van der Waals surface area contributed by atoms with Gasteiger partial charge in [-0.15, -0.1) is 0 Å². The fraction of sp³-hybridized carbons (Fsp3) is 0.143. The Morgan fingerprint density at radius 2 is 1.87 bits per heavy atom. The monoisotopic (exact) mass is 422 g/mol. The van der Waals surface area contributed by atoms with Crippen LogP contribution in [0, 0.1) is 5.82 Å². The molecule has 0 spiro atoms. The number of halogens is 1. The van der Waals surface area contributed by atoms with Gasteiger partial charge in [0, 0.05) is 14.1 Å². The molecule has 2 aromatic heterocycles. The fourth-order valence-electron chi connectivity index (χ4n) is 3.23. The maximum Gasteiger partial charge on any atom is 0.332 e. The van der Waals surface area contributed by atoms with Gasteiger partial charge in [-0.05, 0) is 35.4 Å². The predicted molar refractivity (Wildman–Crippen MR) is 115 cm³/mol. The van der Waals surface area contributed by atoms with Crippen molar-refractivity contribution in [3.05, 3.63) is 86.3 Å². The van der Waals surface area contributed by atoms with Gasteiger partial charge in [0.15, 0.2) is 11.2 Å². The quantitative estimate of drug-likeness (QED) is 0.377. The van der Waals surface area contributed by atoms with Crippen molar-refractivity contribution in [3.8, 4) is 5.75 Å². The fourth-order valence-corrected chi connectivity index (χ4v) is 3.23. The Morgan fingerprint density at radius 1 is 1.13 bits per heavy atom. The molecule has 2 aromatic carbocycles. The van der Waals surface area contributed by atoms with Gasteiger partial charge in [-0.3, -0.25) is 18.5 Å². The first-order valence-corrected chi connectivity index (χ1v) is 9.34. The molecule has 31 heavy (non-hydrogen) atoms. The lowest BCUT2D eigenvalue weighted by atomic mass is 10.2. The predicted octanol–water partition coefficient (Wildman–Crippen LogP) is 1.77. The Balaban J connectivity index is 1.82. The van der Waals surface area contributed by atoms with Crippen LogP contribution in [0.1, 0.15) is 11.1 Å². The first kappa shape index (κ1) is 20.1. The van der Waals surface area contributed by atoms with E-state index in [2.05, 4.69) is 15.5 Å². The highest BCUT2D eigenvalue weighted by molar-refractivity contribution is 5.81. The topological polar surface area (TPSA) is 106 Å². The number of hydrogen-bond donors (Lipinski definition) is 2. The summed E-state index contributed by atoms with van der Waals surface area (Å²) in [5, 5.41) is 13.7. The first-order valence-electron chi connectivity index (χ1n) is 9.34. The average Bonchev–Trinajstić information content (AvgIpc) is 3.11. The molecule has 0 radical (unpaired) electrons. The molecular formula is C21H19FN6O3. The molecule has 9 nitrogen and oxygen atoms in total. The van der Waals surface area contributed by atoms with Gasteiger partial charge in [0.2, 0.25) is 5.95 Å². The maximum atomic E-state index is 13.3. The van der Waals surface area contributed by atoms with E-state index in [0.717, 1.165) is 10.1 Å². The van der Waals surface area contributed by atoms with E-state index >= 15 is 0 Å². The van der Waals surface area contributed by atoms with Crippen LogP contribution in [0.2, 0.25) is 0 Å². The van der Waals surface area contributed by atoms with Gasteiger partial charge >= 0.3 is 5.69 Å². The zero-order valence-electron chi connectivity index (χ0n) is 16.8. The minimum atomic E-state index is -0.502. The van der Waals surface area contributed by atoms with Gasteiger partial charge in [-0.1, -0.05) is 24.3 Å². The Labute approximate surface area is 175 Å². The second kappa shape index (κ2) is 7.90. The molecule has 0 unspecified atom stereocenters. The Kier molecular flexibility index (Phi) is 5.12. The number of phenolic OH excluding ortho intramolecular Hbond substituents is 1. The molecule has 0 fully saturated rings. The second-order valence-corrected chi connectivity index (χ2v) is 6.99. The van der Waals surface area contributed by atoms with Crippen LogP contribution in [0.3, 0.4) is 0 Å². The molecule has 0 aliphatic rings. The zero-order valence-corrected chi connectivity index (χ0v) is 16.8. The minimum absolute atomic E-state index is 0.103. The van der Waals surface area contributed by atoms with Crippen molar-refractivity contribution >= 4 is 23.3 Å². The van der Waals surface area contributed by atoms with Gasteiger partial charge in [-0.25, -0.2) is 14.6 Å². The van der Waals surface area contributed by atoms with E-state index < -0.39 is 11.2 Å². The number of imidazole rings is 1. The molecule has 4 aromatic rings. The smallest absolute Gasteiger partial charge is 0.332 e. The molecule has 0 saturated carbocycles. The van der Waals surface area contributed by atoms with Gasteiger partial charge in [0.1, 0.15) is 11.6 Å². The summed E-state index contributed by atoms with van der Waals surface area (Å²) in [4.78, 5) is 29.6. The van der Waals surface area contributed by atoms with Crippen LogP contribution in [0.15, 0.2) is 63.2 Å². The number of nitrogens with one attached hydrogen (secondary N) is 1. The van der Waals surface area contributed by atoms with Crippen LogP contribution in [-0.2, 0) is 20.6 Å². The van der Waals surface area contributed by atoms with Gasteiger partial charge in [-0.2, -0.15) is 10.1 Å². The molecule has 0 aliphatic heterocycles. The van der Waals surface area contributed by atoms with E-state index in [9.17, 15) is 19.1 Å². The average molecular weight is 422 g/mol. The number of hydrazone groups is 1. The largest absolute Gasteiger partial charge is 0.508 e. The lowest BCUT2D eigenvalue weighted by Gasteiger charge is -2.09. The van der Waals surface area contributed by atoms with Crippen molar-refractivity contribution < 1.29 is 9.50 Å². The SMILES string of the molecule is Cn1c(=O)c2c(nc(NN=Cc3cccc(O)c3)n2Cc2ccc(F)cc2)n(C)c1=O. The second-order valence-electron chi connectivity index (χ2n) is 6.99. The van der Waals surface area contributed by atoms with Crippen molar-refractivity contribution in [1.29, 1.82) is 0 Å². The van der Waals surface area contributed by atoms with E-state index in [-0.39, 0.29) is 35.2 Å². The number of hydrogen-bond acceptors (Lipinski definition) is 6. The van der Waals surface area contributed by atoms with Crippen LogP contribution >= 0.6 is 0 Å². The van der Waals surface area contributed by atoms with Crippen LogP contribution in [-0.4, -0.2) is 30.0 Å². The molecule has 0 bridgehead atoms. The molecule has 0 atom stereocenters. The zero-order chi connectivity index (χ0) is 22.1. The van der Waals surface area contributed by atoms with Crippen molar-refractivity contribution in [1.82, 2.24) is 18.7 Å². The number of aryl methyl sites for hydroxylation is 1. The van der Waals surface area contributed by atoms with Crippen molar-refractivity contribution in [2.75, 3.05) is 5.43 Å². The molecule has 0 amide bonds. The molecule has 10 heteroatoms. The molecule has 158 valence electrons. The lowest BCUT2D eigenvalue weighted by molar-refractivity contribution is 0.475. The Hall–Kier alpha value is -4.21. The third kappa shape index (κ3) is 3.82. The summed E-state index contributed by atoms with van der Waals surface area (Å²) in [7, 11) is 2.92. The van der Waals surface area contributed by atoms with Gasteiger partial charge in [0.05, 0.1) is 12.8 Å². The van der Waals surface area contributed by atoms with Crippen LogP contribution in [0.4, 0.5) is 10.3 Å². The molecule has 2 heterocycles. The maximum absolute atomic E-state index is 13.3. The van der Waals surface area contributed by atoms with Crippen molar-refractivity contribution in [3.63, 3.8) is 0 Å². The lowest BCUT2D eigenvalue weighted by Crippen LogP contribution is -2.37. The number of anilines is 1. The number of nitrogens with zero attached hydrogens (tertiary/aromatic N) is 5. The summed E-state index contributed by atoms with van der Waals surface area (Å²) < 4.78 is 17.2. The number of phenols is 1. The third-order valence-electron chi connectivity index (χ3n) is 4.85. The summed E-state index contributed by atoms with van der Waals surface area (Å²) in [5.41, 5.74) is 3.59. The molecule has 0 saturated heterocycles. The Bertz CT molecular complexity index is 1420. The highest BCUT2D eigenvalue weighted by Gasteiger charge is 2.19. The number of aromatic nitrogens is 4. The van der Waals surface area contributed by atoms with E-state index in [4.69, 9.17) is 0 Å². The number of fused-ring (bicyclic) bond motifs is 1. The molecule has 0 aliphatic carbocycles. The number of benzene rings is 2. The summed E-state index contributed by atoms with van der Waals surface area (Å²) in [6.07, 6.45) is 1.48. The molecule has 4 rings (SSSR count). The van der Waals surface area contributed by atoms with Gasteiger partial charge < -0.3 is 5.11 Å². The van der Waals surface area contributed by atoms with Crippen molar-refractivity contribution in [2.45, 2.75) is 6.54 Å². The summed E-state index contributed by atoms with van der Waals surface area (Å²) in [6, 6.07) is 12.4. The third-order valence-corrected chi connectivity index (χ3v) is 4.85. The molecular weight excluding hydrogens is 403 g/mol. The number of rotatable bonds is 5. The Morgan fingerprint density at radius 3 is 2.58 bits per heavy atom. The van der Waals surface area contributed by atoms with E-state index in [1.165, 1.54) is 43.1 Å². The number of aromatic hydroxyl groups is 1. The van der Waals surface area contributed by atoms with Crippen LogP contribution in [0.25, 0.3) is 11.2 Å². The highest BCUT2D eigenvalue weighted by atomic mass is 19.1. The summed E-state index contributed by atoms with van der Waals surface area (Å²) in [6.45, 7) is 0.203. The van der Waals surface area contributed by atoms with Gasteiger partial charge in [0.25, 0.3) is 5.56 Å². The molecule has 2 N–H and O–H groups in total. The standard InChI is InChI=1S/C21H19FN6O3/c1-26-18-17(19(30)27(2)21(26)31)28(12-13-6-8-15(22)9-7-13)20(24-18)25-23-11-14-4-3-5-16(29)10-14/h3-11,29H,12H2,1-2H3,(H,24,25). The van der Waals surface area contributed by atoms with Crippen LogP contribution in [0.5, 0.6) is 5.75 Å². The van der Waals surface area contributed by atoms with Crippen LogP contribution < -0.4 is 16.7 Å². The van der Waals surface area contributed by atoms with Crippen molar-refractivity contribution in [2.24, 2.45) is 19.2 Å². The first-order chi connectivity index (χ1) is 14.8. The summed E-state index contributed by atoms with van der Waals surface area (Å²) >= 11 is 0. The minimum Gasteiger partial charge on any atom is -0.508 e.